The first kappa shape index (κ1) is 20.4. The number of anilines is 1. The Hall–Kier alpha value is -2.85. The standard InChI is InChI=1S/C19H18ClN3O6S/c20-14-4-3-13(12-15(14)23-17(24)5-11-30(23,27)28)18(25)21-6-8-22(9-7-21)19(26)16-2-1-10-29-16/h1-4,10,12H,5-9,11H2. The molecule has 3 amide bonds. The minimum atomic E-state index is -3.80. The Balaban J connectivity index is 1.50. The number of nitrogens with zero attached hydrogens (tertiary/aromatic N) is 3. The highest BCUT2D eigenvalue weighted by molar-refractivity contribution is 7.94. The van der Waals surface area contributed by atoms with E-state index in [0.29, 0.717) is 30.5 Å². The smallest absolute Gasteiger partial charge is 0.289 e. The summed E-state index contributed by atoms with van der Waals surface area (Å²) < 4.78 is 30.2. The predicted molar refractivity (Wildman–Crippen MR) is 108 cm³/mol. The molecule has 0 unspecified atom stereocenters. The maximum Gasteiger partial charge on any atom is 0.289 e. The van der Waals surface area contributed by atoms with Crippen molar-refractivity contribution in [2.75, 3.05) is 36.2 Å². The maximum atomic E-state index is 12.9. The second-order valence-electron chi connectivity index (χ2n) is 6.95. The summed E-state index contributed by atoms with van der Waals surface area (Å²) in [6, 6.07) is 7.44. The highest BCUT2D eigenvalue weighted by Gasteiger charge is 2.38. The number of amides is 3. The van der Waals surface area contributed by atoms with Crippen molar-refractivity contribution in [3.8, 4) is 0 Å². The summed E-state index contributed by atoms with van der Waals surface area (Å²) in [5.74, 6) is -1.19. The number of carbonyl (C=O) groups is 3. The van der Waals surface area contributed by atoms with E-state index in [-0.39, 0.29) is 46.0 Å². The fraction of sp³-hybridized carbons (Fsp3) is 0.316. The number of carbonyl (C=O) groups excluding carboxylic acids is 3. The van der Waals surface area contributed by atoms with E-state index in [1.165, 1.54) is 24.5 Å². The van der Waals surface area contributed by atoms with Crippen LogP contribution in [0, 0.1) is 0 Å². The van der Waals surface area contributed by atoms with E-state index in [1.54, 1.807) is 21.9 Å². The van der Waals surface area contributed by atoms with Gasteiger partial charge in [0.25, 0.3) is 11.8 Å². The lowest BCUT2D eigenvalue weighted by molar-refractivity contribution is -0.116. The summed E-state index contributed by atoms with van der Waals surface area (Å²) in [4.78, 5) is 40.5. The van der Waals surface area contributed by atoms with Crippen molar-refractivity contribution >= 4 is 45.0 Å². The van der Waals surface area contributed by atoms with Gasteiger partial charge >= 0.3 is 0 Å². The van der Waals surface area contributed by atoms with E-state index in [0.717, 1.165) is 0 Å². The SMILES string of the molecule is O=C(c1ccc(Cl)c(N2C(=O)CCS2(=O)=O)c1)N1CCN(C(=O)c2ccco2)CC1. The maximum absolute atomic E-state index is 12.9. The van der Waals surface area contributed by atoms with Crippen LogP contribution < -0.4 is 4.31 Å². The van der Waals surface area contributed by atoms with Crippen LogP contribution in [0.15, 0.2) is 41.0 Å². The lowest BCUT2D eigenvalue weighted by Crippen LogP contribution is -2.50. The van der Waals surface area contributed by atoms with Gasteiger partial charge in [-0.25, -0.2) is 12.7 Å². The molecule has 0 saturated carbocycles. The van der Waals surface area contributed by atoms with Gasteiger partial charge in [0.15, 0.2) is 5.76 Å². The molecule has 0 spiro atoms. The zero-order valence-electron chi connectivity index (χ0n) is 15.8. The predicted octanol–water partition coefficient (Wildman–Crippen LogP) is 1.60. The minimum absolute atomic E-state index is 0.0170. The molecule has 158 valence electrons. The Kier molecular flexibility index (Phi) is 5.29. The van der Waals surface area contributed by atoms with Crippen LogP contribution in [-0.2, 0) is 14.8 Å². The Morgan fingerprint density at radius 1 is 1.00 bits per heavy atom. The van der Waals surface area contributed by atoms with E-state index >= 15 is 0 Å². The molecule has 2 aliphatic heterocycles. The fourth-order valence-electron chi connectivity index (χ4n) is 3.50. The molecule has 0 bridgehead atoms. The molecule has 30 heavy (non-hydrogen) atoms. The molecule has 2 saturated heterocycles. The van der Waals surface area contributed by atoms with Gasteiger partial charge < -0.3 is 14.2 Å². The van der Waals surface area contributed by atoms with Crippen molar-refractivity contribution in [2.45, 2.75) is 6.42 Å². The summed E-state index contributed by atoms with van der Waals surface area (Å²) >= 11 is 6.13. The van der Waals surface area contributed by atoms with Crippen LogP contribution in [0.1, 0.15) is 27.3 Å². The molecule has 1 aromatic carbocycles. The minimum Gasteiger partial charge on any atom is -0.459 e. The first-order chi connectivity index (χ1) is 14.3. The number of sulfonamides is 1. The molecule has 0 radical (unpaired) electrons. The number of furan rings is 1. The van der Waals surface area contributed by atoms with Crippen molar-refractivity contribution in [1.29, 1.82) is 0 Å². The molecule has 2 aromatic rings. The lowest BCUT2D eigenvalue weighted by Gasteiger charge is -2.34. The topological polar surface area (TPSA) is 108 Å². The molecular weight excluding hydrogens is 434 g/mol. The number of piperazine rings is 1. The van der Waals surface area contributed by atoms with E-state index in [9.17, 15) is 22.8 Å². The van der Waals surface area contributed by atoms with Crippen LogP contribution in [0.5, 0.6) is 0 Å². The molecule has 0 atom stereocenters. The molecule has 9 nitrogen and oxygen atoms in total. The molecule has 0 N–H and O–H groups in total. The Morgan fingerprint density at radius 3 is 2.23 bits per heavy atom. The van der Waals surface area contributed by atoms with Gasteiger partial charge in [0.05, 0.1) is 22.7 Å². The van der Waals surface area contributed by atoms with Crippen LogP contribution in [0.2, 0.25) is 5.02 Å². The van der Waals surface area contributed by atoms with Gasteiger partial charge in [-0.15, -0.1) is 0 Å². The first-order valence-electron chi connectivity index (χ1n) is 9.25. The van der Waals surface area contributed by atoms with Gasteiger partial charge in [-0.1, -0.05) is 11.6 Å². The Bertz CT molecular complexity index is 1110. The van der Waals surface area contributed by atoms with Crippen LogP contribution >= 0.6 is 11.6 Å². The van der Waals surface area contributed by atoms with Crippen LogP contribution in [0.4, 0.5) is 5.69 Å². The summed E-state index contributed by atoms with van der Waals surface area (Å²) in [5.41, 5.74) is 0.201. The highest BCUT2D eigenvalue weighted by atomic mass is 35.5. The third-order valence-electron chi connectivity index (χ3n) is 5.08. The van der Waals surface area contributed by atoms with E-state index in [4.69, 9.17) is 16.0 Å². The average molecular weight is 452 g/mol. The number of rotatable bonds is 3. The summed E-state index contributed by atoms with van der Waals surface area (Å²) in [5, 5.41) is 0.0687. The molecule has 2 aliphatic rings. The molecule has 1 aromatic heterocycles. The van der Waals surface area contributed by atoms with Gasteiger partial charge in [0, 0.05) is 38.2 Å². The number of hydrogen-bond acceptors (Lipinski definition) is 6. The zero-order valence-corrected chi connectivity index (χ0v) is 17.4. The van der Waals surface area contributed by atoms with E-state index < -0.39 is 15.9 Å². The van der Waals surface area contributed by atoms with E-state index in [1.807, 2.05) is 0 Å². The molecule has 4 rings (SSSR count). The third-order valence-corrected chi connectivity index (χ3v) is 7.07. The summed E-state index contributed by atoms with van der Waals surface area (Å²) in [7, 11) is -3.80. The van der Waals surface area contributed by atoms with Crippen molar-refractivity contribution in [2.24, 2.45) is 0 Å². The normalized spacial score (nSPS) is 18.7. The van der Waals surface area contributed by atoms with Crippen LogP contribution in [-0.4, -0.2) is 67.9 Å². The number of benzene rings is 1. The molecule has 3 heterocycles. The van der Waals surface area contributed by atoms with Gasteiger partial charge in [-0.3, -0.25) is 14.4 Å². The summed E-state index contributed by atoms with van der Waals surface area (Å²) in [6.45, 7) is 1.30. The highest BCUT2D eigenvalue weighted by Crippen LogP contribution is 2.33. The molecule has 11 heteroatoms. The number of halogens is 1. The summed E-state index contributed by atoms with van der Waals surface area (Å²) in [6.07, 6.45) is 1.30. The molecule has 2 fully saturated rings. The van der Waals surface area contributed by atoms with Crippen molar-refractivity contribution < 1.29 is 27.2 Å². The van der Waals surface area contributed by atoms with Gasteiger partial charge in [-0.05, 0) is 30.3 Å². The lowest BCUT2D eigenvalue weighted by atomic mass is 10.1. The molecule has 0 aliphatic carbocycles. The fourth-order valence-corrected chi connectivity index (χ4v) is 5.22. The van der Waals surface area contributed by atoms with Gasteiger partial charge in [0.1, 0.15) is 0 Å². The average Bonchev–Trinajstić information content (AvgIpc) is 3.36. The second kappa shape index (κ2) is 7.77. The first-order valence-corrected chi connectivity index (χ1v) is 11.2. The second-order valence-corrected chi connectivity index (χ2v) is 9.30. The molecular formula is C19H18ClN3O6S. The van der Waals surface area contributed by atoms with Crippen molar-refractivity contribution in [1.82, 2.24) is 9.80 Å². The zero-order chi connectivity index (χ0) is 21.5. The Morgan fingerprint density at radius 2 is 1.67 bits per heavy atom. The largest absolute Gasteiger partial charge is 0.459 e. The van der Waals surface area contributed by atoms with Crippen molar-refractivity contribution in [3.63, 3.8) is 0 Å². The van der Waals surface area contributed by atoms with E-state index in [2.05, 4.69) is 0 Å². The quantitative estimate of drug-likeness (QED) is 0.701. The van der Waals surface area contributed by atoms with Crippen molar-refractivity contribution in [3.05, 3.63) is 52.9 Å². The monoisotopic (exact) mass is 451 g/mol. The van der Waals surface area contributed by atoms with Crippen LogP contribution in [0.25, 0.3) is 0 Å². The number of hydrogen-bond donors (Lipinski definition) is 0. The van der Waals surface area contributed by atoms with Crippen LogP contribution in [0.3, 0.4) is 0 Å². The third kappa shape index (κ3) is 3.68. The Labute approximate surface area is 177 Å². The van der Waals surface area contributed by atoms with Gasteiger partial charge in [0.2, 0.25) is 15.9 Å². The van der Waals surface area contributed by atoms with Gasteiger partial charge in [-0.2, -0.15) is 0 Å².